The summed E-state index contributed by atoms with van der Waals surface area (Å²) in [5.41, 5.74) is 4.37. The van der Waals surface area contributed by atoms with Crippen molar-refractivity contribution in [3.05, 3.63) is 90.0 Å². The van der Waals surface area contributed by atoms with E-state index in [1.165, 1.54) is 0 Å². The maximum atomic E-state index is 12.6. The van der Waals surface area contributed by atoms with E-state index in [1.54, 1.807) is 11.8 Å². The quantitative estimate of drug-likeness (QED) is 0.492. The van der Waals surface area contributed by atoms with Crippen LogP contribution in [0.3, 0.4) is 0 Å². The largest absolute Gasteiger partial charge is 0.378 e. The highest BCUT2D eigenvalue weighted by Crippen LogP contribution is 2.42. The van der Waals surface area contributed by atoms with Gasteiger partial charge in [0.2, 0.25) is 11.8 Å². The topological polar surface area (TPSA) is 52.6 Å². The maximum Gasteiger partial charge on any atom is 0.246 e. The second-order valence-electron chi connectivity index (χ2n) is 7.72. The van der Waals surface area contributed by atoms with E-state index in [9.17, 15) is 9.59 Å². The Morgan fingerprint density at radius 1 is 1.03 bits per heavy atom. The molecule has 0 unspecified atom stereocenters. The zero-order valence-corrected chi connectivity index (χ0v) is 19.4. The first kappa shape index (κ1) is 22.2. The summed E-state index contributed by atoms with van der Waals surface area (Å²) in [6, 6.07) is 24.8. The zero-order chi connectivity index (χ0) is 22.7. The first-order chi connectivity index (χ1) is 15.4. The van der Waals surface area contributed by atoms with Crippen molar-refractivity contribution in [3.63, 3.8) is 0 Å². The average Bonchev–Trinajstić information content (AvgIpc) is 3.21. The first-order valence-corrected chi connectivity index (χ1v) is 11.7. The number of nitrogens with zero attached hydrogens (tertiary/aromatic N) is 2. The molecule has 2 amide bonds. The Hall–Kier alpha value is -2.96. The Morgan fingerprint density at radius 2 is 1.69 bits per heavy atom. The Bertz CT molecular complexity index is 1090. The number of anilines is 3. The van der Waals surface area contributed by atoms with Crippen molar-refractivity contribution in [2.45, 2.75) is 10.8 Å². The van der Waals surface area contributed by atoms with Gasteiger partial charge in [-0.25, -0.2) is 0 Å². The fourth-order valence-electron chi connectivity index (χ4n) is 3.57. The standard InChI is InChI=1S/C25H24ClN3O2S/c1-28(2)20-12-14-21(15-13-20)29-22(30)16-32-25(29)18-8-10-19(11-9-18)27-24(31)23(26)17-6-4-3-5-7-17/h3-15,23,25H,16H2,1-2H3,(H,27,31)/t23-,25+/m0/s1. The van der Waals surface area contributed by atoms with Crippen molar-refractivity contribution >= 4 is 52.2 Å². The van der Waals surface area contributed by atoms with Crippen LogP contribution in [0, 0.1) is 0 Å². The lowest BCUT2D eigenvalue weighted by Crippen LogP contribution is -2.27. The van der Waals surface area contributed by atoms with Gasteiger partial charge >= 0.3 is 0 Å². The van der Waals surface area contributed by atoms with Gasteiger partial charge in [0.15, 0.2) is 0 Å². The number of alkyl halides is 1. The molecule has 1 aliphatic rings. The van der Waals surface area contributed by atoms with Crippen molar-refractivity contribution in [2.24, 2.45) is 0 Å². The third-order valence-corrected chi connectivity index (χ3v) is 6.96. The van der Waals surface area contributed by atoms with Crippen LogP contribution >= 0.6 is 23.4 Å². The molecule has 0 radical (unpaired) electrons. The van der Waals surface area contributed by atoms with Gasteiger partial charge in [-0.05, 0) is 47.5 Å². The summed E-state index contributed by atoms with van der Waals surface area (Å²) in [6.07, 6.45) is 0. The number of hydrogen-bond acceptors (Lipinski definition) is 4. The zero-order valence-electron chi connectivity index (χ0n) is 17.9. The number of benzene rings is 3. The van der Waals surface area contributed by atoms with Crippen LogP contribution in [0.4, 0.5) is 17.1 Å². The van der Waals surface area contributed by atoms with Gasteiger partial charge in [-0.2, -0.15) is 0 Å². The molecule has 1 saturated heterocycles. The van der Waals surface area contributed by atoms with Crippen molar-refractivity contribution in [3.8, 4) is 0 Å². The van der Waals surface area contributed by atoms with Gasteiger partial charge in [-0.15, -0.1) is 23.4 Å². The molecule has 1 N–H and O–H groups in total. The van der Waals surface area contributed by atoms with Crippen LogP contribution in [0.2, 0.25) is 0 Å². The molecule has 5 nitrogen and oxygen atoms in total. The van der Waals surface area contributed by atoms with Crippen LogP contribution in [0.1, 0.15) is 21.9 Å². The van der Waals surface area contributed by atoms with Gasteiger partial charge in [0.25, 0.3) is 0 Å². The van der Waals surface area contributed by atoms with Crippen molar-refractivity contribution in [1.29, 1.82) is 0 Å². The van der Waals surface area contributed by atoms with Crippen molar-refractivity contribution < 1.29 is 9.59 Å². The molecule has 0 spiro atoms. The third-order valence-electron chi connectivity index (χ3n) is 5.30. The molecule has 3 aromatic carbocycles. The summed E-state index contributed by atoms with van der Waals surface area (Å²) < 4.78 is 0. The molecule has 164 valence electrons. The highest BCUT2D eigenvalue weighted by Gasteiger charge is 2.34. The van der Waals surface area contributed by atoms with Crippen LogP contribution in [0.5, 0.6) is 0 Å². The number of nitrogens with one attached hydrogen (secondary N) is 1. The lowest BCUT2D eigenvalue weighted by Gasteiger charge is -2.25. The fourth-order valence-corrected chi connectivity index (χ4v) is 4.95. The van der Waals surface area contributed by atoms with Crippen LogP contribution < -0.4 is 15.1 Å². The second kappa shape index (κ2) is 9.67. The van der Waals surface area contributed by atoms with Crippen molar-refractivity contribution in [2.75, 3.05) is 35.0 Å². The Labute approximate surface area is 197 Å². The highest BCUT2D eigenvalue weighted by molar-refractivity contribution is 8.00. The summed E-state index contributed by atoms with van der Waals surface area (Å²) in [5.74, 6) is 0.241. The molecule has 3 aromatic rings. The second-order valence-corrected chi connectivity index (χ2v) is 9.23. The number of rotatable bonds is 6. The first-order valence-electron chi connectivity index (χ1n) is 10.2. The Morgan fingerprint density at radius 3 is 2.31 bits per heavy atom. The van der Waals surface area contributed by atoms with Gasteiger partial charge in [-0.3, -0.25) is 14.5 Å². The predicted molar refractivity (Wildman–Crippen MR) is 134 cm³/mol. The van der Waals surface area contributed by atoms with Gasteiger partial charge in [0.1, 0.15) is 10.8 Å². The Kier molecular flexibility index (Phi) is 6.72. The summed E-state index contributed by atoms with van der Waals surface area (Å²) in [6.45, 7) is 0. The smallest absolute Gasteiger partial charge is 0.246 e. The van der Waals surface area contributed by atoms with E-state index in [0.717, 1.165) is 22.5 Å². The molecular formula is C25H24ClN3O2S. The lowest BCUT2D eigenvalue weighted by molar-refractivity contribution is -0.116. The molecule has 1 aliphatic heterocycles. The van der Waals surface area contributed by atoms with E-state index in [4.69, 9.17) is 11.6 Å². The fraction of sp³-hybridized carbons (Fsp3) is 0.200. The SMILES string of the molecule is CN(C)c1ccc(N2C(=O)CS[C@@H]2c2ccc(NC(=O)[C@@H](Cl)c3ccccc3)cc2)cc1. The summed E-state index contributed by atoms with van der Waals surface area (Å²) in [5, 5.41) is 1.99. The number of thioether (sulfide) groups is 1. The van der Waals surface area contributed by atoms with E-state index >= 15 is 0 Å². The summed E-state index contributed by atoms with van der Waals surface area (Å²) in [7, 11) is 3.97. The predicted octanol–water partition coefficient (Wildman–Crippen LogP) is 5.45. The van der Waals surface area contributed by atoms with Crippen molar-refractivity contribution in [1.82, 2.24) is 0 Å². The van der Waals surface area contributed by atoms with E-state index < -0.39 is 5.38 Å². The maximum absolute atomic E-state index is 12.6. The number of carbonyl (C=O) groups is 2. The molecule has 4 rings (SSSR count). The minimum atomic E-state index is -0.764. The molecule has 32 heavy (non-hydrogen) atoms. The van der Waals surface area contributed by atoms with Crippen LogP contribution in [0.25, 0.3) is 0 Å². The van der Waals surface area contributed by atoms with Gasteiger partial charge in [0.05, 0.1) is 5.75 Å². The minimum absolute atomic E-state index is 0.0859. The van der Waals surface area contributed by atoms with E-state index in [-0.39, 0.29) is 17.2 Å². The monoisotopic (exact) mass is 465 g/mol. The molecule has 0 bridgehead atoms. The number of halogens is 1. The molecular weight excluding hydrogens is 442 g/mol. The lowest BCUT2D eigenvalue weighted by atomic mass is 10.1. The molecule has 7 heteroatoms. The molecule has 0 aliphatic carbocycles. The average molecular weight is 466 g/mol. The normalized spacial score (nSPS) is 16.7. The number of amides is 2. The summed E-state index contributed by atoms with van der Waals surface area (Å²) >= 11 is 7.91. The Balaban J connectivity index is 1.48. The summed E-state index contributed by atoms with van der Waals surface area (Å²) in [4.78, 5) is 29.0. The molecule has 1 fully saturated rings. The van der Waals surface area contributed by atoms with Gasteiger partial charge in [0, 0.05) is 31.2 Å². The van der Waals surface area contributed by atoms with Gasteiger partial charge in [-0.1, -0.05) is 42.5 Å². The molecule has 0 saturated carbocycles. The van der Waals surface area contributed by atoms with Crippen LogP contribution in [-0.2, 0) is 9.59 Å². The minimum Gasteiger partial charge on any atom is -0.378 e. The number of hydrogen-bond donors (Lipinski definition) is 1. The van der Waals surface area contributed by atoms with Crippen LogP contribution in [0.15, 0.2) is 78.9 Å². The number of carbonyl (C=O) groups excluding carboxylic acids is 2. The molecule has 1 heterocycles. The van der Waals surface area contributed by atoms with E-state index in [2.05, 4.69) is 5.32 Å². The molecule has 0 aromatic heterocycles. The van der Waals surface area contributed by atoms with Gasteiger partial charge < -0.3 is 10.2 Å². The molecule has 2 atom stereocenters. The highest BCUT2D eigenvalue weighted by atomic mass is 35.5. The van der Waals surface area contributed by atoms with E-state index in [1.807, 2.05) is 103 Å². The van der Waals surface area contributed by atoms with E-state index in [0.29, 0.717) is 11.4 Å². The third kappa shape index (κ3) is 4.76. The van der Waals surface area contributed by atoms with Crippen LogP contribution in [-0.4, -0.2) is 31.7 Å².